The third-order valence-electron chi connectivity index (χ3n) is 6.15. The summed E-state index contributed by atoms with van der Waals surface area (Å²) in [4.78, 5) is 18.0. The number of carbonyl (C=O) groups is 1. The largest absolute Gasteiger partial charge is 0.356 e. The van der Waals surface area contributed by atoms with Crippen LogP contribution in [0.5, 0.6) is 0 Å². The summed E-state index contributed by atoms with van der Waals surface area (Å²) in [7, 11) is 0. The molecule has 2 saturated carbocycles. The van der Waals surface area contributed by atoms with Crippen molar-refractivity contribution in [3.63, 3.8) is 0 Å². The summed E-state index contributed by atoms with van der Waals surface area (Å²) in [5.74, 6) is 2.53. The topological polar surface area (TPSA) is 108 Å². The van der Waals surface area contributed by atoms with Crippen LogP contribution >= 0.6 is 0 Å². The number of piperidine rings is 1. The Hall–Kier alpha value is -2.13. The maximum atomic E-state index is 10.5. The first-order valence-corrected chi connectivity index (χ1v) is 13.1. The monoisotopic (exact) mass is 475 g/mol. The smallest absolute Gasteiger partial charge is 0.220 e. The number of aromatic nitrogens is 2. The zero-order chi connectivity index (χ0) is 26.7. The van der Waals surface area contributed by atoms with Crippen molar-refractivity contribution >= 4 is 11.6 Å². The summed E-state index contributed by atoms with van der Waals surface area (Å²) in [5.41, 5.74) is 8.87. The molecule has 0 aromatic carbocycles. The number of nitrogens with two attached hydrogens (primary N) is 1. The highest BCUT2D eigenvalue weighted by Gasteiger charge is 2.45. The highest BCUT2D eigenvalue weighted by molar-refractivity contribution is 5.76. The number of rotatable bonds is 2. The third kappa shape index (κ3) is 14.2. The van der Waals surface area contributed by atoms with Crippen LogP contribution in [0.1, 0.15) is 117 Å². The normalized spacial score (nSPS) is 20.3. The highest BCUT2D eigenvalue weighted by atomic mass is 16.1. The molecule has 3 fully saturated rings. The van der Waals surface area contributed by atoms with Gasteiger partial charge in [-0.1, -0.05) is 34.6 Å². The van der Waals surface area contributed by atoms with Gasteiger partial charge in [0.15, 0.2) is 0 Å². The van der Waals surface area contributed by atoms with Gasteiger partial charge in [0.05, 0.1) is 5.69 Å². The number of hydrogen-bond donors (Lipinski definition) is 4. The molecular formula is C28H53N5O. The van der Waals surface area contributed by atoms with Gasteiger partial charge in [0.25, 0.3) is 0 Å². The summed E-state index contributed by atoms with van der Waals surface area (Å²) in [6, 6.07) is 0.164. The summed E-state index contributed by atoms with van der Waals surface area (Å²) >= 11 is 0. The molecule has 2 heterocycles. The molecule has 1 aliphatic heterocycles. The molecule has 1 aromatic rings. The Morgan fingerprint density at radius 1 is 1.12 bits per heavy atom. The van der Waals surface area contributed by atoms with Gasteiger partial charge in [0.2, 0.25) is 5.91 Å². The Morgan fingerprint density at radius 3 is 1.94 bits per heavy atom. The van der Waals surface area contributed by atoms with Crippen molar-refractivity contribution in [3.8, 4) is 12.8 Å². The summed E-state index contributed by atoms with van der Waals surface area (Å²) in [6.45, 7) is 16.5. The molecule has 2 aliphatic carbocycles. The van der Waals surface area contributed by atoms with Crippen molar-refractivity contribution in [3.05, 3.63) is 17.7 Å². The van der Waals surface area contributed by atoms with E-state index in [0.29, 0.717) is 17.5 Å². The molecule has 4 rings (SSSR count). The van der Waals surface area contributed by atoms with Gasteiger partial charge in [-0.25, -0.2) is 4.98 Å². The Morgan fingerprint density at radius 2 is 1.62 bits per heavy atom. The minimum atomic E-state index is 0.164. The molecule has 1 aromatic heterocycles. The van der Waals surface area contributed by atoms with Gasteiger partial charge in [-0.2, -0.15) is 0 Å². The van der Waals surface area contributed by atoms with Crippen LogP contribution in [-0.4, -0.2) is 28.1 Å². The minimum absolute atomic E-state index is 0.164. The molecule has 0 radical (unpaired) electrons. The molecule has 1 spiro atoms. The fraction of sp³-hybridized carbons (Fsp3) is 0.750. The average molecular weight is 476 g/mol. The van der Waals surface area contributed by atoms with Crippen molar-refractivity contribution in [1.82, 2.24) is 15.3 Å². The average Bonchev–Trinajstić information content (AvgIpc) is 3.46. The zero-order valence-electron chi connectivity index (χ0n) is 23.3. The van der Waals surface area contributed by atoms with Crippen LogP contribution < -0.4 is 11.1 Å². The van der Waals surface area contributed by atoms with Crippen LogP contribution in [-0.2, 0) is 4.79 Å². The number of nitrogens with one attached hydrogen (secondary N) is 3. The summed E-state index contributed by atoms with van der Waals surface area (Å²) in [6.07, 6.45) is 20.0. The molecule has 1 saturated heterocycles. The Labute approximate surface area is 210 Å². The first kappa shape index (κ1) is 34.0. The first-order chi connectivity index (χ1) is 16.2. The van der Waals surface area contributed by atoms with E-state index in [1.807, 2.05) is 40.8 Å². The van der Waals surface area contributed by atoms with Gasteiger partial charge < -0.3 is 21.4 Å². The van der Waals surface area contributed by atoms with Crippen molar-refractivity contribution in [1.29, 1.82) is 5.41 Å². The molecule has 3 aliphatic rings. The summed E-state index contributed by atoms with van der Waals surface area (Å²) < 4.78 is 0. The van der Waals surface area contributed by atoms with Gasteiger partial charge >= 0.3 is 0 Å². The first-order valence-electron chi connectivity index (χ1n) is 13.1. The molecule has 1 amide bonds. The lowest BCUT2D eigenvalue weighted by atomic mass is 9.76. The van der Waals surface area contributed by atoms with E-state index in [2.05, 4.69) is 35.1 Å². The lowest BCUT2D eigenvalue weighted by Gasteiger charge is -2.31. The number of terminal acetylenes is 1. The predicted molar refractivity (Wildman–Crippen MR) is 147 cm³/mol. The number of hydrogen-bond acceptors (Lipinski definition) is 4. The molecule has 0 bridgehead atoms. The van der Waals surface area contributed by atoms with Gasteiger partial charge in [0, 0.05) is 30.9 Å². The number of carbonyl (C=O) groups excluding carboxylic acids is 1. The molecule has 6 nitrogen and oxygen atoms in total. The number of imidazole rings is 1. The van der Waals surface area contributed by atoms with Gasteiger partial charge in [0.1, 0.15) is 5.82 Å². The van der Waals surface area contributed by atoms with E-state index in [0.717, 1.165) is 36.3 Å². The van der Waals surface area contributed by atoms with Crippen LogP contribution in [0.4, 0.5) is 0 Å². The van der Waals surface area contributed by atoms with Crippen molar-refractivity contribution in [2.75, 3.05) is 6.54 Å². The number of aryl methyl sites for hydroxylation is 1. The van der Waals surface area contributed by atoms with E-state index in [-0.39, 0.29) is 11.9 Å². The van der Waals surface area contributed by atoms with E-state index < -0.39 is 0 Å². The van der Waals surface area contributed by atoms with Gasteiger partial charge in [-0.15, -0.1) is 12.8 Å². The second kappa shape index (κ2) is 19.2. The van der Waals surface area contributed by atoms with Crippen LogP contribution in [0.25, 0.3) is 0 Å². The lowest BCUT2D eigenvalue weighted by molar-refractivity contribution is -0.122. The Bertz CT molecular complexity index is 666. The Kier molecular flexibility index (Phi) is 19.2. The molecule has 2 unspecified atom stereocenters. The van der Waals surface area contributed by atoms with E-state index >= 15 is 0 Å². The standard InChI is InChI=1S/C13H21N3.C6H11NO.C3H7N.2C2H6.C2H2/c1-9-15-8-11(16-9)12(14)10-2-4-13(5-3-10)6-7-13;1-5-2-3-6(8)7-4-5;1-3(2)4;3*1-2/h8,10,12H,2-7,14H2,1H3,(H,15,16);5H,2-4H2,1H3,(H,7,8);4H,1-2H3;2*1-2H3;1-2H. The molecule has 196 valence electrons. The van der Waals surface area contributed by atoms with Crippen LogP contribution in [0.2, 0.25) is 0 Å². The fourth-order valence-electron chi connectivity index (χ4n) is 4.01. The summed E-state index contributed by atoms with van der Waals surface area (Å²) in [5, 5.41) is 9.29. The van der Waals surface area contributed by atoms with E-state index in [4.69, 9.17) is 11.1 Å². The Balaban J connectivity index is 0. The second-order valence-electron chi connectivity index (χ2n) is 9.24. The third-order valence-corrected chi connectivity index (χ3v) is 6.15. The van der Waals surface area contributed by atoms with Crippen LogP contribution in [0.3, 0.4) is 0 Å². The van der Waals surface area contributed by atoms with Crippen molar-refractivity contribution < 1.29 is 4.79 Å². The molecule has 34 heavy (non-hydrogen) atoms. The number of aromatic amines is 1. The van der Waals surface area contributed by atoms with Crippen molar-refractivity contribution in [2.45, 2.75) is 113 Å². The van der Waals surface area contributed by atoms with Crippen LogP contribution in [0.15, 0.2) is 6.20 Å². The number of H-pyrrole nitrogens is 1. The van der Waals surface area contributed by atoms with Crippen molar-refractivity contribution in [2.24, 2.45) is 23.0 Å². The number of amides is 1. The lowest BCUT2D eigenvalue weighted by Crippen LogP contribution is -2.33. The molecule has 5 N–H and O–H groups in total. The zero-order valence-corrected chi connectivity index (χ0v) is 23.3. The molecule has 2 atom stereocenters. The SMILES string of the molecule is C#C.CC.CC.CC(C)=N.CC1CCC(=O)NC1.Cc1ncc(C(N)C2CCC3(CC2)CC3)[nH]1. The molecular weight excluding hydrogens is 422 g/mol. The van der Waals surface area contributed by atoms with E-state index in [9.17, 15) is 4.79 Å². The van der Waals surface area contributed by atoms with Gasteiger partial charge in [-0.05, 0) is 83.0 Å². The fourth-order valence-corrected chi connectivity index (χ4v) is 4.01. The van der Waals surface area contributed by atoms with Crippen LogP contribution in [0, 0.1) is 42.4 Å². The maximum Gasteiger partial charge on any atom is 0.220 e. The minimum Gasteiger partial charge on any atom is -0.356 e. The quantitative estimate of drug-likeness (QED) is 0.287. The highest BCUT2D eigenvalue weighted by Crippen LogP contribution is 2.58. The van der Waals surface area contributed by atoms with Gasteiger partial charge in [-0.3, -0.25) is 4.79 Å². The number of nitrogens with zero attached hydrogens (tertiary/aromatic N) is 1. The van der Waals surface area contributed by atoms with E-state index in [1.165, 1.54) is 38.5 Å². The predicted octanol–water partition coefficient (Wildman–Crippen LogP) is 6.57. The molecule has 6 heteroatoms. The maximum absolute atomic E-state index is 10.5. The second-order valence-corrected chi connectivity index (χ2v) is 9.24. The van der Waals surface area contributed by atoms with E-state index in [1.54, 1.807) is 13.8 Å².